The first-order chi connectivity index (χ1) is 15.6. The van der Waals surface area contributed by atoms with Crippen molar-refractivity contribution in [3.05, 3.63) is 66.0 Å². The van der Waals surface area contributed by atoms with Gasteiger partial charge in [0.05, 0.1) is 5.69 Å². The van der Waals surface area contributed by atoms with Gasteiger partial charge in [-0.05, 0) is 48.2 Å². The summed E-state index contributed by atoms with van der Waals surface area (Å²) < 4.78 is 6.11. The molecule has 3 aromatic rings. The van der Waals surface area contributed by atoms with Gasteiger partial charge in [-0.3, -0.25) is 4.90 Å². The molecule has 0 radical (unpaired) electrons. The first-order valence-electron chi connectivity index (χ1n) is 10.7. The van der Waals surface area contributed by atoms with Gasteiger partial charge in [-0.25, -0.2) is 9.97 Å². The summed E-state index contributed by atoms with van der Waals surface area (Å²) in [6, 6.07) is 13.8. The third-order valence-corrected chi connectivity index (χ3v) is 6.75. The molecule has 9 heteroatoms. The molecule has 2 aliphatic rings. The van der Waals surface area contributed by atoms with E-state index in [4.69, 9.17) is 4.74 Å². The molecule has 0 unspecified atom stereocenters. The van der Waals surface area contributed by atoms with Crippen molar-refractivity contribution in [3.8, 4) is 5.75 Å². The van der Waals surface area contributed by atoms with E-state index in [1.807, 2.05) is 12.1 Å². The van der Waals surface area contributed by atoms with Gasteiger partial charge in [-0.1, -0.05) is 30.0 Å². The number of piperidine rings is 1. The van der Waals surface area contributed by atoms with E-state index in [2.05, 4.69) is 38.4 Å². The average Bonchev–Trinajstić information content (AvgIpc) is 2.80. The van der Waals surface area contributed by atoms with E-state index in [1.54, 1.807) is 36.3 Å². The van der Waals surface area contributed by atoms with Crippen molar-refractivity contribution in [2.45, 2.75) is 41.8 Å². The van der Waals surface area contributed by atoms with Gasteiger partial charge in [0.25, 0.3) is 0 Å². The second-order valence-electron chi connectivity index (χ2n) is 8.05. The number of rotatable bonds is 6. The molecule has 0 saturated carbocycles. The number of hydrogen-bond donors (Lipinski definition) is 1. The zero-order valence-electron chi connectivity index (χ0n) is 18.5. The maximum atomic E-state index is 10.7. The van der Waals surface area contributed by atoms with Gasteiger partial charge in [-0.2, -0.15) is 0 Å². The van der Waals surface area contributed by atoms with Crippen LogP contribution in [-0.2, 0) is 17.8 Å². The molecule has 2 aliphatic heterocycles. The number of benzene rings is 2. The monoisotopic (exact) mass is 470 g/mol. The van der Waals surface area contributed by atoms with Crippen molar-refractivity contribution in [1.82, 2.24) is 14.9 Å². The summed E-state index contributed by atoms with van der Waals surface area (Å²) in [7, 11) is 0. The second kappa shape index (κ2) is 10.9. The van der Waals surface area contributed by atoms with E-state index in [1.165, 1.54) is 10.5 Å². The molecular formula is C24H23N4NaO3S. The van der Waals surface area contributed by atoms with Crippen LogP contribution >= 0.6 is 11.8 Å². The van der Waals surface area contributed by atoms with Crippen molar-refractivity contribution in [2.24, 2.45) is 0 Å². The van der Waals surface area contributed by atoms with Crippen LogP contribution in [0.1, 0.15) is 24.0 Å². The van der Waals surface area contributed by atoms with Gasteiger partial charge in [0, 0.05) is 49.3 Å². The van der Waals surface area contributed by atoms with Gasteiger partial charge in [0.15, 0.2) is 5.82 Å². The summed E-state index contributed by atoms with van der Waals surface area (Å²) in [5, 5.41) is 15.0. The Morgan fingerprint density at radius 1 is 1.09 bits per heavy atom. The van der Waals surface area contributed by atoms with Crippen LogP contribution in [0.5, 0.6) is 5.75 Å². The number of fused-ring (bicyclic) bond motifs is 2. The van der Waals surface area contributed by atoms with Crippen molar-refractivity contribution < 1.29 is 44.2 Å². The fraction of sp³-hybridized carbons (Fsp3) is 0.292. The van der Waals surface area contributed by atoms with Crippen LogP contribution in [0.25, 0.3) is 0 Å². The number of ether oxygens (including phenoxy) is 1. The van der Waals surface area contributed by atoms with Crippen LogP contribution in [-0.4, -0.2) is 40.0 Å². The Balaban J connectivity index is 0.00000259. The normalized spacial score (nSPS) is 15.5. The number of aliphatic carboxylic acids is 1. The molecule has 2 aromatic carbocycles. The molecular weight excluding hydrogens is 447 g/mol. The van der Waals surface area contributed by atoms with Crippen LogP contribution < -0.4 is 44.7 Å². The third kappa shape index (κ3) is 6.07. The molecule has 1 fully saturated rings. The van der Waals surface area contributed by atoms with E-state index in [0.29, 0.717) is 0 Å². The van der Waals surface area contributed by atoms with E-state index in [0.717, 1.165) is 60.3 Å². The number of nitrogens with zero attached hydrogens (tertiary/aromatic N) is 3. The zero-order valence-corrected chi connectivity index (χ0v) is 21.3. The van der Waals surface area contributed by atoms with E-state index < -0.39 is 5.97 Å². The molecule has 3 heterocycles. The number of aromatic nitrogens is 2. The molecule has 0 bridgehead atoms. The summed E-state index contributed by atoms with van der Waals surface area (Å²) in [4.78, 5) is 23.1. The van der Waals surface area contributed by atoms with Gasteiger partial charge >= 0.3 is 29.6 Å². The Morgan fingerprint density at radius 3 is 2.58 bits per heavy atom. The standard InChI is InChI=1S/C24H24N4O3S.Na/c29-22(30)14-16-1-4-18(5-2-16)31-19-7-11-28(12-8-19)15-17-3-6-21-20(13-17)27-23-24(32-21)26-10-9-25-23;/h1-6,9-10,13,19H,7-8,11-12,14-15H2,(H,25,27)(H,29,30);/q;+1/p-1. The number of carboxylic acid groups (broad SMARTS) is 1. The van der Waals surface area contributed by atoms with Gasteiger partial charge in [-0.15, -0.1) is 0 Å². The van der Waals surface area contributed by atoms with Gasteiger partial charge in [0.2, 0.25) is 0 Å². The minimum atomic E-state index is -1.07. The smallest absolute Gasteiger partial charge is 0.550 e. The minimum Gasteiger partial charge on any atom is -0.550 e. The van der Waals surface area contributed by atoms with Crippen molar-refractivity contribution in [3.63, 3.8) is 0 Å². The van der Waals surface area contributed by atoms with Crippen LogP contribution in [0, 0.1) is 0 Å². The number of anilines is 2. The number of likely N-dealkylation sites (tertiary alicyclic amines) is 1. The molecule has 0 spiro atoms. The Morgan fingerprint density at radius 2 is 1.82 bits per heavy atom. The molecule has 0 amide bonds. The van der Waals surface area contributed by atoms with Crippen molar-refractivity contribution in [2.75, 3.05) is 18.4 Å². The van der Waals surface area contributed by atoms with Crippen LogP contribution in [0.3, 0.4) is 0 Å². The Bertz CT molecular complexity index is 1120. The maximum absolute atomic E-state index is 10.7. The number of carbonyl (C=O) groups excluding carboxylic acids is 1. The third-order valence-electron chi connectivity index (χ3n) is 5.68. The van der Waals surface area contributed by atoms with Crippen LogP contribution in [0.15, 0.2) is 64.8 Å². The Hall–Kier alpha value is -2.10. The number of nitrogens with one attached hydrogen (secondary N) is 1. The van der Waals surface area contributed by atoms with Gasteiger partial charge in [0.1, 0.15) is 16.9 Å². The molecule has 1 N–H and O–H groups in total. The number of carbonyl (C=O) groups is 1. The minimum absolute atomic E-state index is 0. The molecule has 164 valence electrons. The molecule has 1 aromatic heterocycles. The van der Waals surface area contributed by atoms with Crippen molar-refractivity contribution in [1.29, 1.82) is 0 Å². The van der Waals surface area contributed by atoms with Crippen LogP contribution in [0.4, 0.5) is 11.5 Å². The molecule has 33 heavy (non-hydrogen) atoms. The topological polar surface area (TPSA) is 90.4 Å². The predicted octanol–water partition coefficient (Wildman–Crippen LogP) is 0.0246. The molecule has 0 aliphatic carbocycles. The van der Waals surface area contributed by atoms with E-state index in [9.17, 15) is 9.90 Å². The van der Waals surface area contributed by atoms with Gasteiger partial charge < -0.3 is 20.0 Å². The SMILES string of the molecule is O=C([O-])Cc1ccc(OC2CCN(Cc3ccc4c(c3)Nc3nccnc3S4)CC2)cc1.[Na+]. The summed E-state index contributed by atoms with van der Waals surface area (Å²) in [6.45, 7) is 2.85. The Labute approximate surface area is 219 Å². The molecule has 7 nitrogen and oxygen atoms in total. The maximum Gasteiger partial charge on any atom is 1.00 e. The number of carboxylic acids is 1. The average molecular weight is 471 g/mol. The largest absolute Gasteiger partial charge is 1.00 e. The van der Waals surface area contributed by atoms with E-state index >= 15 is 0 Å². The molecule has 1 saturated heterocycles. The summed E-state index contributed by atoms with van der Waals surface area (Å²) in [5.74, 6) is 0.526. The van der Waals surface area contributed by atoms with E-state index in [-0.39, 0.29) is 42.1 Å². The first kappa shape index (κ1) is 24.0. The second-order valence-corrected chi connectivity index (χ2v) is 9.08. The predicted molar refractivity (Wildman–Crippen MR) is 120 cm³/mol. The molecule has 5 rings (SSSR count). The molecule has 0 atom stereocenters. The fourth-order valence-corrected chi connectivity index (χ4v) is 4.95. The summed E-state index contributed by atoms with van der Waals surface area (Å²) in [6.07, 6.45) is 5.44. The Kier molecular flexibility index (Phi) is 7.93. The van der Waals surface area contributed by atoms with Crippen LogP contribution in [0.2, 0.25) is 0 Å². The quantitative estimate of drug-likeness (QED) is 0.395. The zero-order chi connectivity index (χ0) is 21.9. The first-order valence-corrected chi connectivity index (χ1v) is 11.5. The number of hydrogen-bond acceptors (Lipinski definition) is 8. The fourth-order valence-electron chi connectivity index (χ4n) is 4.07. The summed E-state index contributed by atoms with van der Waals surface area (Å²) >= 11 is 1.64. The summed E-state index contributed by atoms with van der Waals surface area (Å²) in [5.41, 5.74) is 3.08. The van der Waals surface area contributed by atoms with Crippen molar-refractivity contribution >= 4 is 29.2 Å².